The third-order valence-electron chi connectivity index (χ3n) is 6.53. The number of likely N-dealkylation sites (tertiary alicyclic amines) is 1. The lowest BCUT2D eigenvalue weighted by Crippen LogP contribution is -2.43. The lowest BCUT2D eigenvalue weighted by Gasteiger charge is -2.32. The van der Waals surface area contributed by atoms with E-state index in [4.69, 9.17) is 4.74 Å². The summed E-state index contributed by atoms with van der Waals surface area (Å²) in [6.45, 7) is 0.434. The van der Waals surface area contributed by atoms with E-state index in [0.717, 1.165) is 42.4 Å². The van der Waals surface area contributed by atoms with Gasteiger partial charge in [0.25, 0.3) is 10.0 Å². The zero-order chi connectivity index (χ0) is 22.3. The maximum Gasteiger partial charge on any atom is 0.265 e. The van der Waals surface area contributed by atoms with E-state index in [1.807, 2.05) is 47.4 Å². The van der Waals surface area contributed by atoms with Crippen LogP contribution in [0.1, 0.15) is 37.3 Å². The summed E-state index contributed by atoms with van der Waals surface area (Å²) in [5.41, 5.74) is 1.64. The van der Waals surface area contributed by atoms with Gasteiger partial charge in [-0.15, -0.1) is 0 Å². The van der Waals surface area contributed by atoms with Gasteiger partial charge in [-0.2, -0.15) is 0 Å². The summed E-state index contributed by atoms with van der Waals surface area (Å²) in [6, 6.07) is 18.5. The van der Waals surface area contributed by atoms with Crippen LogP contribution < -0.4 is 9.04 Å². The molecule has 166 valence electrons. The molecule has 2 aliphatic rings. The van der Waals surface area contributed by atoms with E-state index in [-0.39, 0.29) is 23.4 Å². The first-order chi connectivity index (χ1) is 15.5. The number of amides is 1. The SMILES string of the molecule is COc1ccc(C2CCCCCN2C(=O)CN2c3cccc4cccc(c34)S2(=O)=O)cc1. The van der Waals surface area contributed by atoms with Crippen LogP contribution in [0.2, 0.25) is 0 Å². The highest BCUT2D eigenvalue weighted by molar-refractivity contribution is 7.93. The van der Waals surface area contributed by atoms with Crippen molar-refractivity contribution in [3.05, 3.63) is 66.2 Å². The van der Waals surface area contributed by atoms with Crippen molar-refractivity contribution in [3.63, 3.8) is 0 Å². The standard InChI is InChI=1S/C25H26N2O4S/c1-31-20-14-12-18(13-15-20)21-9-3-2-4-16-26(21)24(28)17-27-22-10-5-7-19-8-6-11-23(25(19)22)32(27,29)30/h5-8,10-15,21H,2-4,9,16-17H2,1H3. The number of methoxy groups -OCH3 is 1. The molecule has 0 aromatic heterocycles. The lowest BCUT2D eigenvalue weighted by molar-refractivity contribution is -0.132. The molecule has 3 aromatic rings. The molecule has 32 heavy (non-hydrogen) atoms. The Morgan fingerprint density at radius 2 is 1.75 bits per heavy atom. The van der Waals surface area contributed by atoms with Crippen molar-refractivity contribution in [2.75, 3.05) is 24.5 Å². The van der Waals surface area contributed by atoms with Crippen molar-refractivity contribution < 1.29 is 17.9 Å². The van der Waals surface area contributed by atoms with Gasteiger partial charge in [0.05, 0.1) is 23.7 Å². The van der Waals surface area contributed by atoms with Crippen LogP contribution in [0.5, 0.6) is 5.75 Å². The van der Waals surface area contributed by atoms with Crippen molar-refractivity contribution in [2.24, 2.45) is 0 Å². The quantitative estimate of drug-likeness (QED) is 0.587. The number of hydrogen-bond donors (Lipinski definition) is 0. The van der Waals surface area contributed by atoms with Crippen LogP contribution in [0.15, 0.2) is 65.6 Å². The summed E-state index contributed by atoms with van der Waals surface area (Å²) in [5.74, 6) is 0.607. The Bertz CT molecular complexity index is 1270. The normalized spacial score (nSPS) is 19.7. The van der Waals surface area contributed by atoms with Gasteiger partial charge in [-0.05, 0) is 48.1 Å². The average Bonchev–Trinajstić information content (AvgIpc) is 2.97. The van der Waals surface area contributed by atoms with Crippen LogP contribution in [0.25, 0.3) is 10.8 Å². The summed E-state index contributed by atoms with van der Waals surface area (Å²) in [6.07, 6.45) is 3.87. The predicted octanol–water partition coefficient (Wildman–Crippen LogP) is 4.50. The fraction of sp³-hybridized carbons (Fsp3) is 0.320. The van der Waals surface area contributed by atoms with E-state index in [1.165, 1.54) is 4.31 Å². The van der Waals surface area contributed by atoms with Crippen LogP contribution in [-0.2, 0) is 14.8 Å². The van der Waals surface area contributed by atoms with Crippen LogP contribution in [0.4, 0.5) is 5.69 Å². The third kappa shape index (κ3) is 3.41. The number of anilines is 1. The van der Waals surface area contributed by atoms with Gasteiger partial charge in [-0.25, -0.2) is 8.42 Å². The topological polar surface area (TPSA) is 66.9 Å². The van der Waals surface area contributed by atoms with Crippen LogP contribution >= 0.6 is 0 Å². The van der Waals surface area contributed by atoms with Crippen molar-refractivity contribution >= 4 is 32.4 Å². The van der Waals surface area contributed by atoms with Crippen molar-refractivity contribution in [2.45, 2.75) is 36.6 Å². The second-order valence-corrected chi connectivity index (χ2v) is 10.2. The highest BCUT2D eigenvalue weighted by atomic mass is 32.2. The molecule has 2 aliphatic heterocycles. The molecular formula is C25H26N2O4S. The minimum Gasteiger partial charge on any atom is -0.497 e. The molecule has 0 radical (unpaired) electrons. The molecule has 0 aliphatic carbocycles. The molecule has 0 saturated carbocycles. The van der Waals surface area contributed by atoms with E-state index in [9.17, 15) is 13.2 Å². The van der Waals surface area contributed by atoms with E-state index in [0.29, 0.717) is 17.6 Å². The first-order valence-corrected chi connectivity index (χ1v) is 12.4. The first-order valence-electron chi connectivity index (χ1n) is 11.0. The second kappa shape index (κ2) is 8.13. The van der Waals surface area contributed by atoms with Gasteiger partial charge in [0, 0.05) is 11.9 Å². The van der Waals surface area contributed by atoms with E-state index >= 15 is 0 Å². The van der Waals surface area contributed by atoms with Gasteiger partial charge < -0.3 is 9.64 Å². The number of ether oxygens (including phenoxy) is 1. The molecule has 7 heteroatoms. The Morgan fingerprint density at radius 3 is 2.50 bits per heavy atom. The number of hydrogen-bond acceptors (Lipinski definition) is 4. The fourth-order valence-corrected chi connectivity index (χ4v) is 6.58. The largest absolute Gasteiger partial charge is 0.497 e. The molecular weight excluding hydrogens is 424 g/mol. The summed E-state index contributed by atoms with van der Waals surface area (Å²) in [4.78, 5) is 15.7. The van der Waals surface area contributed by atoms with Gasteiger partial charge in [-0.3, -0.25) is 9.10 Å². The zero-order valence-electron chi connectivity index (χ0n) is 18.0. The fourth-order valence-electron chi connectivity index (χ4n) is 4.92. The summed E-state index contributed by atoms with van der Waals surface area (Å²) < 4.78 is 33.2. The Hall–Kier alpha value is -3.06. The molecule has 0 N–H and O–H groups in total. The van der Waals surface area contributed by atoms with Gasteiger partial charge in [0.15, 0.2) is 0 Å². The minimum absolute atomic E-state index is 0.0700. The van der Waals surface area contributed by atoms with Crippen molar-refractivity contribution in [1.29, 1.82) is 0 Å². The Balaban J connectivity index is 1.47. The Labute approximate surface area is 188 Å². The highest BCUT2D eigenvalue weighted by Gasteiger charge is 2.38. The van der Waals surface area contributed by atoms with Gasteiger partial charge in [0.2, 0.25) is 5.91 Å². The van der Waals surface area contributed by atoms with Gasteiger partial charge in [-0.1, -0.05) is 49.2 Å². The van der Waals surface area contributed by atoms with Crippen LogP contribution in [-0.4, -0.2) is 39.4 Å². The van der Waals surface area contributed by atoms with E-state index in [2.05, 4.69) is 0 Å². The molecule has 5 rings (SSSR count). The number of sulfonamides is 1. The van der Waals surface area contributed by atoms with Gasteiger partial charge in [0.1, 0.15) is 12.3 Å². The van der Waals surface area contributed by atoms with Crippen LogP contribution in [0.3, 0.4) is 0 Å². The van der Waals surface area contributed by atoms with Crippen molar-refractivity contribution in [1.82, 2.24) is 4.90 Å². The molecule has 1 atom stereocenters. The number of carbonyl (C=O) groups excluding carboxylic acids is 1. The van der Waals surface area contributed by atoms with Crippen molar-refractivity contribution in [3.8, 4) is 5.75 Å². The number of nitrogens with zero attached hydrogens (tertiary/aromatic N) is 2. The third-order valence-corrected chi connectivity index (χ3v) is 8.34. The second-order valence-electron chi connectivity index (χ2n) is 8.37. The number of carbonyl (C=O) groups is 1. The number of rotatable bonds is 4. The van der Waals surface area contributed by atoms with E-state index in [1.54, 1.807) is 25.3 Å². The average molecular weight is 451 g/mol. The molecule has 1 unspecified atom stereocenters. The summed E-state index contributed by atoms with van der Waals surface area (Å²) in [7, 11) is -2.13. The monoisotopic (exact) mass is 450 g/mol. The predicted molar refractivity (Wildman–Crippen MR) is 124 cm³/mol. The molecule has 6 nitrogen and oxygen atoms in total. The summed E-state index contributed by atoms with van der Waals surface area (Å²) >= 11 is 0. The van der Waals surface area contributed by atoms with Gasteiger partial charge >= 0.3 is 0 Å². The molecule has 0 bridgehead atoms. The van der Waals surface area contributed by atoms with Crippen LogP contribution in [0, 0.1) is 0 Å². The number of benzene rings is 3. The maximum atomic E-state index is 13.6. The molecule has 1 fully saturated rings. The van der Waals surface area contributed by atoms with E-state index < -0.39 is 10.0 Å². The zero-order valence-corrected chi connectivity index (χ0v) is 18.8. The Morgan fingerprint density at radius 1 is 1.00 bits per heavy atom. The first kappa shape index (κ1) is 20.8. The summed E-state index contributed by atoms with van der Waals surface area (Å²) in [5, 5.41) is 1.56. The molecule has 2 heterocycles. The lowest BCUT2D eigenvalue weighted by atomic mass is 10.0. The highest BCUT2D eigenvalue weighted by Crippen LogP contribution is 2.42. The maximum absolute atomic E-state index is 13.6. The molecule has 3 aromatic carbocycles. The smallest absolute Gasteiger partial charge is 0.265 e. The molecule has 1 amide bonds. The molecule has 1 saturated heterocycles. The minimum atomic E-state index is -3.76. The Kier molecular flexibility index (Phi) is 5.29. The molecule has 0 spiro atoms.